The molecule has 3 saturated heterocycles. The van der Waals surface area contributed by atoms with E-state index >= 15 is 0 Å². The molecule has 2 bridgehead atoms. The smallest absolute Gasteiger partial charge is 0.261 e. The van der Waals surface area contributed by atoms with Gasteiger partial charge in [0.15, 0.2) is 0 Å². The lowest BCUT2D eigenvalue weighted by Gasteiger charge is -2.56. The zero-order valence-electron chi connectivity index (χ0n) is 13.8. The van der Waals surface area contributed by atoms with Gasteiger partial charge in [0.05, 0.1) is 14.6 Å². The molecule has 0 radical (unpaired) electrons. The topological polar surface area (TPSA) is 32.3 Å². The van der Waals surface area contributed by atoms with Gasteiger partial charge in [-0.15, -0.1) is 23.7 Å². The first-order chi connectivity index (χ1) is 11.0. The van der Waals surface area contributed by atoms with Gasteiger partial charge >= 0.3 is 0 Å². The summed E-state index contributed by atoms with van der Waals surface area (Å²) >= 11 is 7.72. The van der Waals surface area contributed by atoms with E-state index in [9.17, 15) is 4.79 Å². The van der Waals surface area contributed by atoms with E-state index in [-0.39, 0.29) is 29.9 Å². The highest BCUT2D eigenvalue weighted by molar-refractivity contribution is 7.21. The molecule has 1 N–H and O–H groups in total. The summed E-state index contributed by atoms with van der Waals surface area (Å²) in [5.74, 6) is 0.631. The second-order valence-electron chi connectivity index (χ2n) is 7.20. The van der Waals surface area contributed by atoms with Gasteiger partial charge < -0.3 is 5.32 Å². The number of thiophene rings is 1. The van der Waals surface area contributed by atoms with E-state index in [4.69, 9.17) is 11.6 Å². The van der Waals surface area contributed by atoms with Gasteiger partial charge in [-0.1, -0.05) is 23.7 Å². The van der Waals surface area contributed by atoms with E-state index in [0.717, 1.165) is 33.1 Å². The number of hydrogen-bond donors (Lipinski definition) is 1. The average molecular weight is 385 g/mol. The van der Waals surface area contributed by atoms with Crippen molar-refractivity contribution in [3.8, 4) is 0 Å². The van der Waals surface area contributed by atoms with Crippen LogP contribution < -0.4 is 5.32 Å². The van der Waals surface area contributed by atoms with Gasteiger partial charge in [-0.05, 0) is 63.2 Å². The predicted molar refractivity (Wildman–Crippen MR) is 104 cm³/mol. The zero-order valence-corrected chi connectivity index (χ0v) is 16.2. The zero-order chi connectivity index (χ0) is 16.2. The molecule has 3 fully saturated rings. The first-order valence-electron chi connectivity index (χ1n) is 8.21. The number of piperidine rings is 3. The number of nitrogens with zero attached hydrogens (tertiary/aromatic N) is 1. The van der Waals surface area contributed by atoms with Gasteiger partial charge in [-0.2, -0.15) is 0 Å². The Morgan fingerprint density at radius 1 is 1.33 bits per heavy atom. The Labute approximate surface area is 157 Å². The van der Waals surface area contributed by atoms with Gasteiger partial charge in [-0.25, -0.2) is 0 Å². The normalized spacial score (nSPS) is 27.7. The van der Waals surface area contributed by atoms with E-state index in [1.165, 1.54) is 24.2 Å². The average Bonchev–Trinajstić information content (AvgIpc) is 2.97. The number of halogens is 2. The van der Waals surface area contributed by atoms with Crippen LogP contribution in [0.15, 0.2) is 24.3 Å². The van der Waals surface area contributed by atoms with Crippen LogP contribution in [0.4, 0.5) is 0 Å². The summed E-state index contributed by atoms with van der Waals surface area (Å²) in [5, 5.41) is 5.08. The number of hydrogen-bond acceptors (Lipinski definition) is 3. The molecule has 4 heterocycles. The van der Waals surface area contributed by atoms with Crippen molar-refractivity contribution in [2.75, 3.05) is 13.1 Å². The van der Waals surface area contributed by atoms with Crippen molar-refractivity contribution >= 4 is 51.3 Å². The fraction of sp³-hybridized carbons (Fsp3) is 0.500. The third-order valence-corrected chi connectivity index (χ3v) is 7.20. The molecule has 130 valence electrons. The van der Waals surface area contributed by atoms with Crippen molar-refractivity contribution in [3.05, 3.63) is 34.2 Å². The second-order valence-corrected chi connectivity index (χ2v) is 8.66. The lowest BCUT2D eigenvalue weighted by atomic mass is 9.72. The Balaban J connectivity index is 0.00000169. The Bertz CT molecular complexity index is 765. The van der Waals surface area contributed by atoms with Crippen LogP contribution in [0.25, 0.3) is 10.1 Å². The van der Waals surface area contributed by atoms with Crippen molar-refractivity contribution in [2.24, 2.45) is 5.92 Å². The molecule has 5 rings (SSSR count). The van der Waals surface area contributed by atoms with Gasteiger partial charge in [0.25, 0.3) is 5.91 Å². The number of fused-ring (bicyclic) bond motifs is 4. The molecule has 1 amide bonds. The van der Waals surface area contributed by atoms with Crippen LogP contribution in [-0.2, 0) is 0 Å². The van der Waals surface area contributed by atoms with E-state index < -0.39 is 0 Å². The van der Waals surface area contributed by atoms with Gasteiger partial charge in [0, 0.05) is 11.6 Å². The molecule has 1 aromatic carbocycles. The second kappa shape index (κ2) is 6.49. The number of carbonyl (C=O) groups excluding carboxylic acids is 1. The first kappa shape index (κ1) is 18.0. The van der Waals surface area contributed by atoms with E-state index in [0.29, 0.717) is 5.92 Å². The Kier molecular flexibility index (Phi) is 4.86. The molecule has 1 atom stereocenters. The number of carbonyl (C=O) groups is 1. The summed E-state index contributed by atoms with van der Waals surface area (Å²) in [7, 11) is 0. The van der Waals surface area contributed by atoms with Crippen molar-refractivity contribution in [1.29, 1.82) is 0 Å². The van der Waals surface area contributed by atoms with Crippen molar-refractivity contribution < 1.29 is 4.79 Å². The minimum Gasteiger partial charge on any atom is -0.346 e. The van der Waals surface area contributed by atoms with E-state index in [1.54, 1.807) is 0 Å². The molecule has 2 aromatic rings. The SMILES string of the molecule is CC1(C)[C@@H](NC(=O)c2cc3cccc(Cl)c3s2)C2CCN1CC2.Cl. The van der Waals surface area contributed by atoms with E-state index in [2.05, 4.69) is 24.1 Å². The minimum absolute atomic E-state index is 0. The van der Waals surface area contributed by atoms with Crippen molar-refractivity contribution in [2.45, 2.75) is 38.3 Å². The summed E-state index contributed by atoms with van der Waals surface area (Å²) in [5.41, 5.74) is 0.0329. The molecule has 3 aliphatic rings. The third-order valence-electron chi connectivity index (χ3n) is 5.59. The highest BCUT2D eigenvalue weighted by Crippen LogP contribution is 2.39. The molecule has 0 spiro atoms. The summed E-state index contributed by atoms with van der Waals surface area (Å²) in [4.78, 5) is 16.1. The quantitative estimate of drug-likeness (QED) is 0.821. The highest BCUT2D eigenvalue weighted by Gasteiger charge is 2.48. The van der Waals surface area contributed by atoms with Gasteiger partial charge in [-0.3, -0.25) is 9.69 Å². The number of benzene rings is 1. The fourth-order valence-electron chi connectivity index (χ4n) is 4.23. The molecule has 1 aromatic heterocycles. The monoisotopic (exact) mass is 384 g/mol. The lowest BCUT2D eigenvalue weighted by Crippen LogP contribution is -2.69. The lowest BCUT2D eigenvalue weighted by molar-refractivity contribution is -0.0377. The maximum absolute atomic E-state index is 12.8. The number of nitrogens with one attached hydrogen (secondary N) is 1. The fourth-order valence-corrected chi connectivity index (χ4v) is 5.49. The molecular weight excluding hydrogens is 363 g/mol. The van der Waals surface area contributed by atoms with Gasteiger partial charge in [0.1, 0.15) is 0 Å². The van der Waals surface area contributed by atoms with Crippen molar-refractivity contribution in [1.82, 2.24) is 10.2 Å². The first-order valence-corrected chi connectivity index (χ1v) is 9.40. The Morgan fingerprint density at radius 3 is 2.67 bits per heavy atom. The molecule has 0 aliphatic carbocycles. The maximum atomic E-state index is 12.8. The van der Waals surface area contributed by atoms with Gasteiger partial charge in [0.2, 0.25) is 0 Å². The Morgan fingerprint density at radius 2 is 2.04 bits per heavy atom. The molecular formula is C18H22Cl2N2OS. The Hall–Kier alpha value is -0.810. The maximum Gasteiger partial charge on any atom is 0.261 e. The summed E-state index contributed by atoms with van der Waals surface area (Å²) < 4.78 is 0.993. The number of amides is 1. The molecule has 3 aliphatic heterocycles. The molecule has 24 heavy (non-hydrogen) atoms. The van der Waals surface area contributed by atoms with Crippen LogP contribution in [0.2, 0.25) is 5.02 Å². The summed E-state index contributed by atoms with van der Waals surface area (Å²) in [6, 6.07) is 7.98. The minimum atomic E-state index is 0. The third kappa shape index (κ3) is 2.84. The summed E-state index contributed by atoms with van der Waals surface area (Å²) in [6.07, 6.45) is 2.37. The van der Waals surface area contributed by atoms with Crippen LogP contribution in [0.3, 0.4) is 0 Å². The van der Waals surface area contributed by atoms with Crippen LogP contribution in [0.5, 0.6) is 0 Å². The van der Waals surface area contributed by atoms with Crippen LogP contribution in [0, 0.1) is 5.92 Å². The highest BCUT2D eigenvalue weighted by atomic mass is 35.5. The van der Waals surface area contributed by atoms with Crippen molar-refractivity contribution in [3.63, 3.8) is 0 Å². The van der Waals surface area contributed by atoms with Crippen LogP contribution >= 0.6 is 35.3 Å². The van der Waals surface area contributed by atoms with Crippen LogP contribution in [-0.4, -0.2) is 35.5 Å². The van der Waals surface area contributed by atoms with Crippen LogP contribution in [0.1, 0.15) is 36.4 Å². The standard InChI is InChI=1S/C18H21ClN2OS.ClH/c1-18(2)16(11-6-8-21(18)9-7-11)20-17(22)14-10-12-4-3-5-13(19)15(12)23-14;/h3-5,10-11,16H,6-9H2,1-2H3,(H,20,22);1H/t16-;/m0./s1. The van der Waals surface area contributed by atoms with E-state index in [1.807, 2.05) is 24.3 Å². The largest absolute Gasteiger partial charge is 0.346 e. The molecule has 0 unspecified atom stereocenters. The molecule has 6 heteroatoms. The molecule has 3 nitrogen and oxygen atoms in total. The summed E-state index contributed by atoms with van der Waals surface area (Å²) in [6.45, 7) is 6.82. The number of rotatable bonds is 2. The predicted octanol–water partition coefficient (Wildman–Crippen LogP) is 4.58. The molecule has 0 saturated carbocycles.